The average molecular weight is 277 g/mol. The van der Waals surface area contributed by atoms with Crippen molar-refractivity contribution in [3.8, 4) is 0 Å². The van der Waals surface area contributed by atoms with Crippen molar-refractivity contribution in [3.05, 3.63) is 30.1 Å². The highest BCUT2D eigenvalue weighted by atomic mass is 15.1. The third kappa shape index (κ3) is 5.59. The molecule has 1 aromatic heterocycles. The lowest BCUT2D eigenvalue weighted by Gasteiger charge is -2.37. The summed E-state index contributed by atoms with van der Waals surface area (Å²) >= 11 is 0. The Kier molecular flexibility index (Phi) is 7.17. The van der Waals surface area contributed by atoms with Gasteiger partial charge in [-0.1, -0.05) is 27.7 Å². The van der Waals surface area contributed by atoms with Crippen LogP contribution in [0.3, 0.4) is 0 Å². The summed E-state index contributed by atoms with van der Waals surface area (Å²) in [6, 6.07) is 4.73. The van der Waals surface area contributed by atoms with E-state index in [0.717, 1.165) is 26.2 Å². The van der Waals surface area contributed by atoms with Crippen LogP contribution in [0.5, 0.6) is 0 Å². The van der Waals surface area contributed by atoms with E-state index >= 15 is 0 Å². The Morgan fingerprint density at radius 1 is 1.25 bits per heavy atom. The van der Waals surface area contributed by atoms with E-state index < -0.39 is 0 Å². The summed E-state index contributed by atoms with van der Waals surface area (Å²) in [5, 5.41) is 3.63. The molecule has 0 aliphatic heterocycles. The van der Waals surface area contributed by atoms with E-state index in [2.05, 4.69) is 62.0 Å². The second-order valence-corrected chi connectivity index (χ2v) is 6.32. The summed E-state index contributed by atoms with van der Waals surface area (Å²) in [6.07, 6.45) is 4.94. The van der Waals surface area contributed by atoms with Crippen LogP contribution in [0, 0.1) is 5.41 Å². The maximum atomic E-state index is 4.09. The van der Waals surface area contributed by atoms with Crippen LogP contribution in [0.1, 0.15) is 46.6 Å². The molecule has 0 fully saturated rings. The number of nitrogens with one attached hydrogen (secondary N) is 1. The average Bonchev–Trinajstić information content (AvgIpc) is 2.44. The highest BCUT2D eigenvalue weighted by Gasteiger charge is 2.27. The third-order valence-corrected chi connectivity index (χ3v) is 4.11. The van der Waals surface area contributed by atoms with E-state index in [0.29, 0.717) is 6.04 Å². The highest BCUT2D eigenvalue weighted by Crippen LogP contribution is 2.23. The fraction of sp³-hybridized carbons (Fsp3) is 0.706. The largest absolute Gasteiger partial charge is 0.314 e. The topological polar surface area (TPSA) is 28.2 Å². The summed E-state index contributed by atoms with van der Waals surface area (Å²) in [7, 11) is 0. The fourth-order valence-electron chi connectivity index (χ4n) is 2.38. The Morgan fingerprint density at radius 3 is 2.45 bits per heavy atom. The summed E-state index contributed by atoms with van der Waals surface area (Å²) in [5.41, 5.74) is 1.60. The lowest BCUT2D eigenvalue weighted by Crippen LogP contribution is -2.46. The van der Waals surface area contributed by atoms with Crippen LogP contribution in [0.4, 0.5) is 0 Å². The van der Waals surface area contributed by atoms with Gasteiger partial charge in [-0.15, -0.1) is 0 Å². The molecule has 0 aliphatic carbocycles. The molecule has 0 spiro atoms. The summed E-state index contributed by atoms with van der Waals surface area (Å²) in [5.74, 6) is 0. The predicted molar refractivity (Wildman–Crippen MR) is 86.7 cm³/mol. The van der Waals surface area contributed by atoms with Crippen molar-refractivity contribution in [1.82, 2.24) is 15.2 Å². The number of nitrogens with zero attached hydrogens (tertiary/aromatic N) is 2. The third-order valence-electron chi connectivity index (χ3n) is 4.11. The molecular formula is C17H31N3. The molecule has 1 heterocycles. The minimum atomic E-state index is 0.262. The summed E-state index contributed by atoms with van der Waals surface area (Å²) < 4.78 is 0. The molecule has 3 nitrogen and oxygen atoms in total. The first kappa shape index (κ1) is 17.1. The van der Waals surface area contributed by atoms with Gasteiger partial charge in [0.05, 0.1) is 0 Å². The Balaban J connectivity index is 2.57. The van der Waals surface area contributed by atoms with Crippen LogP contribution in [-0.2, 0) is 6.54 Å². The van der Waals surface area contributed by atoms with Crippen molar-refractivity contribution in [2.45, 2.75) is 53.6 Å². The van der Waals surface area contributed by atoms with Gasteiger partial charge in [0.1, 0.15) is 0 Å². The molecule has 20 heavy (non-hydrogen) atoms. The normalized spacial score (nSPS) is 13.7. The van der Waals surface area contributed by atoms with E-state index in [4.69, 9.17) is 0 Å². The zero-order chi connectivity index (χ0) is 15.0. The number of pyridine rings is 1. The monoisotopic (exact) mass is 277 g/mol. The number of rotatable bonds is 9. The van der Waals surface area contributed by atoms with Crippen molar-refractivity contribution in [2.24, 2.45) is 5.41 Å². The molecule has 0 amide bonds. The van der Waals surface area contributed by atoms with Gasteiger partial charge < -0.3 is 5.32 Å². The van der Waals surface area contributed by atoms with Crippen LogP contribution in [-0.4, -0.2) is 35.6 Å². The van der Waals surface area contributed by atoms with Crippen LogP contribution in [0.15, 0.2) is 24.5 Å². The first-order valence-electron chi connectivity index (χ1n) is 7.84. The minimum absolute atomic E-state index is 0.262. The van der Waals surface area contributed by atoms with Gasteiger partial charge in [-0.25, -0.2) is 0 Å². The van der Waals surface area contributed by atoms with Gasteiger partial charge in [0, 0.05) is 31.5 Å². The van der Waals surface area contributed by atoms with Gasteiger partial charge >= 0.3 is 0 Å². The minimum Gasteiger partial charge on any atom is -0.314 e. The molecule has 1 atom stereocenters. The zero-order valence-electron chi connectivity index (χ0n) is 13.8. The molecule has 0 saturated carbocycles. The SMILES string of the molecule is CCCNC(C)C(C)(C)CN(CC)Cc1ccncc1. The van der Waals surface area contributed by atoms with E-state index in [1.807, 2.05) is 12.4 Å². The van der Waals surface area contributed by atoms with Crippen LogP contribution < -0.4 is 5.32 Å². The van der Waals surface area contributed by atoms with Crippen molar-refractivity contribution in [3.63, 3.8) is 0 Å². The molecule has 1 aromatic rings. The predicted octanol–water partition coefficient (Wildman–Crippen LogP) is 3.32. The number of hydrogen-bond donors (Lipinski definition) is 1. The molecule has 0 saturated heterocycles. The second-order valence-electron chi connectivity index (χ2n) is 6.32. The van der Waals surface area contributed by atoms with E-state index in [1.165, 1.54) is 12.0 Å². The van der Waals surface area contributed by atoms with E-state index in [1.54, 1.807) is 0 Å². The van der Waals surface area contributed by atoms with Gasteiger partial charge in [0.25, 0.3) is 0 Å². The molecule has 0 bridgehead atoms. The van der Waals surface area contributed by atoms with Gasteiger partial charge in [0.2, 0.25) is 0 Å². The van der Waals surface area contributed by atoms with Crippen LogP contribution >= 0.6 is 0 Å². The maximum absolute atomic E-state index is 4.09. The molecule has 0 aliphatic rings. The van der Waals surface area contributed by atoms with Crippen molar-refractivity contribution in [2.75, 3.05) is 19.6 Å². The molecular weight excluding hydrogens is 246 g/mol. The zero-order valence-corrected chi connectivity index (χ0v) is 13.8. The second kappa shape index (κ2) is 8.38. The fourth-order valence-corrected chi connectivity index (χ4v) is 2.38. The summed E-state index contributed by atoms with van der Waals surface area (Å²) in [4.78, 5) is 6.60. The van der Waals surface area contributed by atoms with Crippen LogP contribution in [0.25, 0.3) is 0 Å². The molecule has 114 valence electrons. The Hall–Kier alpha value is -0.930. The lowest BCUT2D eigenvalue weighted by molar-refractivity contribution is 0.142. The number of aromatic nitrogens is 1. The van der Waals surface area contributed by atoms with Crippen molar-refractivity contribution >= 4 is 0 Å². The standard InChI is InChI=1S/C17H31N3/c1-6-10-19-15(3)17(4,5)14-20(7-2)13-16-8-11-18-12-9-16/h8-9,11-12,15,19H,6-7,10,13-14H2,1-5H3. The molecule has 3 heteroatoms. The number of hydrogen-bond acceptors (Lipinski definition) is 3. The van der Waals surface area contributed by atoms with Gasteiger partial charge in [0.15, 0.2) is 0 Å². The first-order valence-corrected chi connectivity index (χ1v) is 7.84. The smallest absolute Gasteiger partial charge is 0.0271 e. The maximum Gasteiger partial charge on any atom is 0.0271 e. The van der Waals surface area contributed by atoms with Crippen LogP contribution in [0.2, 0.25) is 0 Å². The Morgan fingerprint density at radius 2 is 1.90 bits per heavy atom. The first-order chi connectivity index (χ1) is 9.49. The molecule has 1 unspecified atom stereocenters. The van der Waals surface area contributed by atoms with E-state index in [9.17, 15) is 0 Å². The summed E-state index contributed by atoms with van der Waals surface area (Å²) in [6.45, 7) is 15.7. The highest BCUT2D eigenvalue weighted by molar-refractivity contribution is 5.09. The van der Waals surface area contributed by atoms with Gasteiger partial charge in [-0.3, -0.25) is 9.88 Å². The van der Waals surface area contributed by atoms with Gasteiger partial charge in [-0.05, 0) is 49.5 Å². The molecule has 1 rings (SSSR count). The Labute approximate surface area is 124 Å². The van der Waals surface area contributed by atoms with Crippen molar-refractivity contribution < 1.29 is 0 Å². The van der Waals surface area contributed by atoms with E-state index in [-0.39, 0.29) is 5.41 Å². The van der Waals surface area contributed by atoms with Gasteiger partial charge in [-0.2, -0.15) is 0 Å². The molecule has 0 radical (unpaired) electrons. The Bertz CT molecular complexity index is 362. The quantitative estimate of drug-likeness (QED) is 0.750. The lowest BCUT2D eigenvalue weighted by atomic mass is 9.84. The molecule has 0 aromatic carbocycles. The molecule has 1 N–H and O–H groups in total. The van der Waals surface area contributed by atoms with Crippen molar-refractivity contribution in [1.29, 1.82) is 0 Å².